The molecule has 0 amide bonds. The largest absolute Gasteiger partial charge is 0.433 e. The van der Waals surface area contributed by atoms with Crippen molar-refractivity contribution in [2.45, 2.75) is 26.1 Å². The Morgan fingerprint density at radius 1 is 0.906 bits per heavy atom. The van der Waals surface area contributed by atoms with Crippen LogP contribution < -0.4 is 5.32 Å². The van der Waals surface area contributed by atoms with E-state index in [4.69, 9.17) is 0 Å². The van der Waals surface area contributed by atoms with E-state index in [1.807, 2.05) is 30.3 Å². The van der Waals surface area contributed by atoms with E-state index in [9.17, 15) is 13.2 Å². The number of alkyl halides is 3. The highest BCUT2D eigenvalue weighted by atomic mass is 19.4. The van der Waals surface area contributed by atoms with Crippen molar-refractivity contribution in [2.75, 3.05) is 6.54 Å². The monoisotopic (exact) mass is 437 g/mol. The van der Waals surface area contributed by atoms with Crippen molar-refractivity contribution in [3.05, 3.63) is 89.6 Å². The van der Waals surface area contributed by atoms with Crippen molar-refractivity contribution in [2.24, 2.45) is 0 Å². The molecule has 4 aromatic rings. The highest BCUT2D eigenvalue weighted by Crippen LogP contribution is 2.28. The van der Waals surface area contributed by atoms with E-state index in [0.717, 1.165) is 34.0 Å². The number of nitrogens with one attached hydrogen (secondary N) is 2. The molecule has 0 spiro atoms. The average molecular weight is 437 g/mol. The molecule has 0 aliphatic rings. The Morgan fingerprint density at radius 3 is 2.31 bits per heavy atom. The number of halogens is 3. The average Bonchev–Trinajstić information content (AvgIpc) is 3.25. The predicted octanol–water partition coefficient (Wildman–Crippen LogP) is 5.19. The molecule has 0 fully saturated rings. The topological polar surface area (TPSA) is 66.5 Å². The maximum Gasteiger partial charge on any atom is 0.433 e. The first kappa shape index (κ1) is 21.7. The summed E-state index contributed by atoms with van der Waals surface area (Å²) in [4.78, 5) is 7.75. The highest BCUT2D eigenvalue weighted by Gasteiger charge is 2.33. The fourth-order valence-corrected chi connectivity index (χ4v) is 3.47. The van der Waals surface area contributed by atoms with Gasteiger partial charge in [0.15, 0.2) is 0 Å². The summed E-state index contributed by atoms with van der Waals surface area (Å²) in [5, 5.41) is 10.4. The number of benzene rings is 2. The summed E-state index contributed by atoms with van der Waals surface area (Å²) >= 11 is 0. The summed E-state index contributed by atoms with van der Waals surface area (Å²) in [6.45, 7) is 2.50. The molecule has 0 radical (unpaired) electrons. The fraction of sp³-hybridized carbons (Fsp3) is 0.208. The molecule has 2 heterocycles. The Labute approximate surface area is 183 Å². The van der Waals surface area contributed by atoms with Crippen molar-refractivity contribution in [3.63, 3.8) is 0 Å². The zero-order valence-corrected chi connectivity index (χ0v) is 17.4. The lowest BCUT2D eigenvalue weighted by atomic mass is 10.0. The van der Waals surface area contributed by atoms with Gasteiger partial charge < -0.3 is 5.32 Å². The van der Waals surface area contributed by atoms with Gasteiger partial charge in [-0.15, -0.1) is 0 Å². The van der Waals surface area contributed by atoms with Crippen LogP contribution in [-0.4, -0.2) is 26.7 Å². The van der Waals surface area contributed by atoms with Gasteiger partial charge in [-0.1, -0.05) is 54.6 Å². The third-order valence-corrected chi connectivity index (χ3v) is 5.03. The number of rotatable bonds is 7. The second-order valence-electron chi connectivity index (χ2n) is 7.45. The van der Waals surface area contributed by atoms with Gasteiger partial charge in [0.2, 0.25) is 0 Å². The summed E-state index contributed by atoms with van der Waals surface area (Å²) in [5.41, 5.74) is 4.56. The third kappa shape index (κ3) is 5.20. The van der Waals surface area contributed by atoms with Crippen LogP contribution in [0.1, 0.15) is 22.8 Å². The van der Waals surface area contributed by atoms with Gasteiger partial charge in [0.25, 0.3) is 0 Å². The zero-order valence-electron chi connectivity index (χ0n) is 17.4. The van der Waals surface area contributed by atoms with Crippen molar-refractivity contribution >= 4 is 0 Å². The maximum absolute atomic E-state index is 12.9. The van der Waals surface area contributed by atoms with Crippen LogP contribution in [0.15, 0.2) is 66.9 Å². The number of aromatic nitrogens is 4. The minimum atomic E-state index is -4.47. The summed E-state index contributed by atoms with van der Waals surface area (Å²) in [6.07, 6.45) is -2.43. The van der Waals surface area contributed by atoms with Crippen LogP contribution in [0.3, 0.4) is 0 Å². The molecule has 5 nitrogen and oxygen atoms in total. The van der Waals surface area contributed by atoms with Crippen LogP contribution in [0.2, 0.25) is 0 Å². The minimum absolute atomic E-state index is 0.175. The Balaban J connectivity index is 1.38. The first-order chi connectivity index (χ1) is 15.4. The van der Waals surface area contributed by atoms with E-state index in [-0.39, 0.29) is 5.82 Å². The molecule has 0 atom stereocenters. The van der Waals surface area contributed by atoms with E-state index in [1.54, 1.807) is 6.20 Å². The van der Waals surface area contributed by atoms with Crippen LogP contribution >= 0.6 is 0 Å². The zero-order chi connectivity index (χ0) is 22.6. The van der Waals surface area contributed by atoms with Crippen molar-refractivity contribution in [3.8, 4) is 22.4 Å². The quantitative estimate of drug-likeness (QED) is 0.391. The number of hydrogen-bond donors (Lipinski definition) is 2. The summed E-state index contributed by atoms with van der Waals surface area (Å²) in [6, 6.07) is 19.3. The molecular formula is C24H22F3N5. The van der Waals surface area contributed by atoms with Gasteiger partial charge in [-0.3, -0.25) is 5.10 Å². The van der Waals surface area contributed by atoms with Crippen LogP contribution in [-0.2, 0) is 19.1 Å². The molecular weight excluding hydrogens is 415 g/mol. The standard InChI is InChI=1S/C24H22F3N5/c1-16-13-21(24(25,26)27)31-22(30-16)11-12-28-14-20-15-29-32-23(20)19-9-7-18(8-10-19)17-5-3-2-4-6-17/h2-10,13,15,28H,11-12,14H2,1H3,(H,29,32). The molecule has 2 aromatic heterocycles. The Hall–Kier alpha value is -3.52. The molecule has 0 aliphatic carbocycles. The smallest absolute Gasteiger partial charge is 0.312 e. The van der Waals surface area contributed by atoms with Gasteiger partial charge in [-0.2, -0.15) is 18.3 Å². The van der Waals surface area contributed by atoms with Crippen molar-refractivity contribution < 1.29 is 13.2 Å². The SMILES string of the molecule is Cc1cc(C(F)(F)F)nc(CCNCc2cn[nH]c2-c2ccc(-c3ccccc3)cc2)n1. The lowest BCUT2D eigenvalue weighted by Crippen LogP contribution is -2.19. The highest BCUT2D eigenvalue weighted by molar-refractivity contribution is 5.69. The van der Waals surface area contributed by atoms with Gasteiger partial charge in [0, 0.05) is 30.8 Å². The Kier molecular flexibility index (Phi) is 6.32. The van der Waals surface area contributed by atoms with E-state index in [0.29, 0.717) is 25.2 Å². The van der Waals surface area contributed by atoms with Gasteiger partial charge >= 0.3 is 6.18 Å². The number of aryl methyl sites for hydroxylation is 1. The molecule has 2 aromatic carbocycles. The summed E-state index contributed by atoms with van der Waals surface area (Å²) in [7, 11) is 0. The molecule has 0 aliphatic heterocycles. The lowest BCUT2D eigenvalue weighted by Gasteiger charge is -2.10. The fourth-order valence-electron chi connectivity index (χ4n) is 3.47. The molecule has 0 bridgehead atoms. The van der Waals surface area contributed by atoms with Crippen LogP contribution in [0.5, 0.6) is 0 Å². The predicted molar refractivity (Wildman–Crippen MR) is 117 cm³/mol. The van der Waals surface area contributed by atoms with Gasteiger partial charge in [0.1, 0.15) is 11.5 Å². The molecule has 164 valence electrons. The molecule has 0 saturated carbocycles. The number of hydrogen-bond acceptors (Lipinski definition) is 4. The third-order valence-electron chi connectivity index (χ3n) is 5.03. The summed E-state index contributed by atoms with van der Waals surface area (Å²) in [5.74, 6) is 0.175. The van der Waals surface area contributed by atoms with Crippen LogP contribution in [0.4, 0.5) is 13.2 Å². The van der Waals surface area contributed by atoms with Gasteiger partial charge in [-0.05, 0) is 29.7 Å². The first-order valence-electron chi connectivity index (χ1n) is 10.2. The van der Waals surface area contributed by atoms with Crippen LogP contribution in [0, 0.1) is 6.92 Å². The van der Waals surface area contributed by atoms with Crippen molar-refractivity contribution in [1.82, 2.24) is 25.5 Å². The number of H-pyrrole nitrogens is 1. The van der Waals surface area contributed by atoms with Gasteiger partial charge in [0.05, 0.1) is 11.9 Å². The normalized spacial score (nSPS) is 11.6. The van der Waals surface area contributed by atoms with Gasteiger partial charge in [-0.25, -0.2) is 9.97 Å². The minimum Gasteiger partial charge on any atom is -0.312 e. The first-order valence-corrected chi connectivity index (χ1v) is 10.2. The summed E-state index contributed by atoms with van der Waals surface area (Å²) < 4.78 is 38.8. The molecule has 32 heavy (non-hydrogen) atoms. The molecule has 4 rings (SSSR count). The number of aromatic amines is 1. The van der Waals surface area contributed by atoms with E-state index < -0.39 is 11.9 Å². The Bertz CT molecular complexity index is 1170. The van der Waals surface area contributed by atoms with E-state index >= 15 is 0 Å². The number of nitrogens with zero attached hydrogens (tertiary/aromatic N) is 3. The maximum atomic E-state index is 12.9. The van der Waals surface area contributed by atoms with Crippen molar-refractivity contribution in [1.29, 1.82) is 0 Å². The molecule has 2 N–H and O–H groups in total. The molecule has 0 saturated heterocycles. The molecule has 0 unspecified atom stereocenters. The van der Waals surface area contributed by atoms with E-state index in [1.165, 1.54) is 6.92 Å². The second-order valence-corrected chi connectivity index (χ2v) is 7.45. The van der Waals surface area contributed by atoms with E-state index in [2.05, 4.69) is 49.7 Å². The lowest BCUT2D eigenvalue weighted by molar-refractivity contribution is -0.141. The Morgan fingerprint density at radius 2 is 1.59 bits per heavy atom. The van der Waals surface area contributed by atoms with Crippen LogP contribution in [0.25, 0.3) is 22.4 Å². The molecule has 8 heteroatoms. The second kappa shape index (κ2) is 9.32.